The number of rotatable bonds is 10. The van der Waals surface area contributed by atoms with Crippen molar-refractivity contribution < 1.29 is 9.53 Å². The van der Waals surface area contributed by atoms with Crippen LogP contribution >= 0.6 is 11.8 Å². The van der Waals surface area contributed by atoms with Gasteiger partial charge in [-0.1, -0.05) is 43.8 Å². The van der Waals surface area contributed by atoms with Gasteiger partial charge in [-0.15, -0.1) is 16.8 Å². The van der Waals surface area contributed by atoms with Crippen molar-refractivity contribution in [2.45, 2.75) is 32.1 Å². The predicted octanol–water partition coefficient (Wildman–Crippen LogP) is 2.21. The highest BCUT2D eigenvalue weighted by Gasteiger charge is 2.23. The fourth-order valence-corrected chi connectivity index (χ4v) is 4.33. The van der Waals surface area contributed by atoms with Crippen LogP contribution in [0, 0.1) is 5.92 Å². The molecule has 0 bridgehead atoms. The lowest BCUT2D eigenvalue weighted by atomic mass is 10.2. The van der Waals surface area contributed by atoms with Crippen LogP contribution in [0.5, 0.6) is 5.75 Å². The van der Waals surface area contributed by atoms with Gasteiger partial charge in [-0.05, 0) is 18.1 Å². The molecule has 3 rings (SSSR count). The quantitative estimate of drug-likeness (QED) is 0.264. The number of methoxy groups -OCH3 is 1. The number of hydrogen-bond donors (Lipinski definition) is 1. The molecule has 0 fully saturated rings. The molecule has 3 aromatic rings. The monoisotopic (exact) mass is 484 g/mol. The maximum Gasteiger partial charge on any atom is 0.332 e. The predicted molar refractivity (Wildman–Crippen MR) is 132 cm³/mol. The Kier molecular flexibility index (Phi) is 7.77. The molecule has 0 spiro atoms. The zero-order valence-electron chi connectivity index (χ0n) is 19.6. The number of benzene rings is 1. The number of anilines is 1. The molecule has 2 heterocycles. The van der Waals surface area contributed by atoms with Gasteiger partial charge in [0.15, 0.2) is 16.8 Å². The Morgan fingerprint density at radius 2 is 1.94 bits per heavy atom. The first-order chi connectivity index (χ1) is 16.2. The molecule has 2 aromatic heterocycles. The van der Waals surface area contributed by atoms with Gasteiger partial charge in [0.25, 0.3) is 5.56 Å². The van der Waals surface area contributed by atoms with Crippen molar-refractivity contribution in [3.63, 3.8) is 0 Å². The third kappa shape index (κ3) is 4.84. The Morgan fingerprint density at radius 3 is 2.59 bits per heavy atom. The van der Waals surface area contributed by atoms with Crippen LogP contribution in [0.15, 0.2) is 51.7 Å². The van der Waals surface area contributed by atoms with Gasteiger partial charge in [0.1, 0.15) is 17.1 Å². The molecular weight excluding hydrogens is 456 g/mol. The summed E-state index contributed by atoms with van der Waals surface area (Å²) in [5, 5.41) is 9.00. The molecule has 34 heavy (non-hydrogen) atoms. The minimum Gasteiger partial charge on any atom is -0.496 e. The number of nitrogen functional groups attached to an aromatic ring is 1. The van der Waals surface area contributed by atoms with E-state index in [9.17, 15) is 14.4 Å². The summed E-state index contributed by atoms with van der Waals surface area (Å²) in [6.45, 7) is 8.32. The maximum absolute atomic E-state index is 13.1. The Morgan fingerprint density at radius 1 is 1.24 bits per heavy atom. The van der Waals surface area contributed by atoms with Gasteiger partial charge in [0.2, 0.25) is 0 Å². The van der Waals surface area contributed by atoms with Gasteiger partial charge in [-0.2, -0.15) is 0 Å². The van der Waals surface area contributed by atoms with Crippen LogP contribution in [0.3, 0.4) is 0 Å². The van der Waals surface area contributed by atoms with E-state index in [0.717, 1.165) is 21.9 Å². The molecule has 0 amide bonds. The SMILES string of the molecule is C=CCn1c(SCC(=O)c2c(N)n(CC(C)C)c(=O)n(C)c2=O)nnc1-c1ccccc1OC. The van der Waals surface area contributed by atoms with Crippen molar-refractivity contribution in [1.29, 1.82) is 0 Å². The number of hydrogen-bond acceptors (Lipinski definition) is 8. The van der Waals surface area contributed by atoms with E-state index in [1.165, 1.54) is 11.6 Å². The molecule has 0 atom stereocenters. The van der Waals surface area contributed by atoms with E-state index in [4.69, 9.17) is 10.5 Å². The highest BCUT2D eigenvalue weighted by atomic mass is 32.2. The van der Waals surface area contributed by atoms with Gasteiger partial charge < -0.3 is 10.5 Å². The molecule has 0 radical (unpaired) electrons. The Hall–Kier alpha value is -3.60. The van der Waals surface area contributed by atoms with Gasteiger partial charge in [0, 0.05) is 20.1 Å². The number of para-hydroxylation sites is 1. The number of allylic oxidation sites excluding steroid dienone is 1. The number of thioether (sulfide) groups is 1. The topological polar surface area (TPSA) is 127 Å². The first-order valence-corrected chi connectivity index (χ1v) is 11.6. The molecule has 0 aliphatic rings. The fourth-order valence-electron chi connectivity index (χ4n) is 3.51. The molecule has 180 valence electrons. The third-order valence-corrected chi connectivity index (χ3v) is 6.09. The molecule has 0 aliphatic heterocycles. The Labute approximate surface area is 201 Å². The molecular formula is C23H28N6O4S. The van der Waals surface area contributed by atoms with Crippen LogP contribution in [0.2, 0.25) is 0 Å². The largest absolute Gasteiger partial charge is 0.496 e. The van der Waals surface area contributed by atoms with E-state index in [1.807, 2.05) is 42.7 Å². The van der Waals surface area contributed by atoms with Crippen molar-refractivity contribution in [2.24, 2.45) is 13.0 Å². The zero-order chi connectivity index (χ0) is 25.0. The average Bonchev–Trinajstić information content (AvgIpc) is 3.21. The number of Topliss-reactive ketones (excluding diaryl/α,β-unsaturated/α-hetero) is 1. The van der Waals surface area contributed by atoms with Crippen molar-refractivity contribution in [1.82, 2.24) is 23.9 Å². The van der Waals surface area contributed by atoms with E-state index >= 15 is 0 Å². The van der Waals surface area contributed by atoms with Crippen LogP contribution < -0.4 is 21.7 Å². The van der Waals surface area contributed by atoms with Crippen LogP contribution in [-0.4, -0.2) is 42.5 Å². The second-order valence-corrected chi connectivity index (χ2v) is 8.97. The second kappa shape index (κ2) is 10.6. The second-order valence-electron chi connectivity index (χ2n) is 8.03. The summed E-state index contributed by atoms with van der Waals surface area (Å²) in [4.78, 5) is 38.3. The summed E-state index contributed by atoms with van der Waals surface area (Å²) in [5.74, 6) is 0.577. The molecule has 10 nitrogen and oxygen atoms in total. The molecule has 1 aromatic carbocycles. The summed E-state index contributed by atoms with van der Waals surface area (Å²) in [6.07, 6.45) is 1.70. The number of aromatic nitrogens is 5. The Bertz CT molecular complexity index is 1340. The smallest absolute Gasteiger partial charge is 0.332 e. The molecule has 0 saturated carbocycles. The lowest BCUT2D eigenvalue weighted by Crippen LogP contribution is -2.43. The number of ether oxygens (including phenoxy) is 1. The van der Waals surface area contributed by atoms with E-state index in [0.29, 0.717) is 29.8 Å². The van der Waals surface area contributed by atoms with E-state index < -0.39 is 17.0 Å². The average molecular weight is 485 g/mol. The number of nitrogens with two attached hydrogens (primary N) is 1. The number of nitrogens with zero attached hydrogens (tertiary/aromatic N) is 5. The van der Waals surface area contributed by atoms with Gasteiger partial charge >= 0.3 is 5.69 Å². The summed E-state index contributed by atoms with van der Waals surface area (Å²) >= 11 is 1.13. The lowest BCUT2D eigenvalue weighted by Gasteiger charge is -2.16. The standard InChI is InChI=1S/C23H28N6O4S/c1-6-11-28-20(15-9-7-8-10-17(15)33-5)25-26-22(28)34-13-16(30)18-19(24)29(12-14(2)3)23(32)27(4)21(18)31/h6-10,14H,1,11-13,24H2,2-5H3. The highest BCUT2D eigenvalue weighted by Crippen LogP contribution is 2.31. The van der Waals surface area contributed by atoms with E-state index in [-0.39, 0.29) is 23.1 Å². The van der Waals surface area contributed by atoms with Crippen molar-refractivity contribution in [3.05, 3.63) is 63.3 Å². The molecule has 11 heteroatoms. The first kappa shape index (κ1) is 25.0. The minimum absolute atomic E-state index is 0.0979. The lowest BCUT2D eigenvalue weighted by molar-refractivity contribution is 0.102. The fraction of sp³-hybridized carbons (Fsp3) is 0.348. The first-order valence-electron chi connectivity index (χ1n) is 10.6. The van der Waals surface area contributed by atoms with E-state index in [2.05, 4.69) is 16.8 Å². The summed E-state index contributed by atoms with van der Waals surface area (Å²) < 4.78 is 9.43. The number of carbonyl (C=O) groups excluding carboxylic acids is 1. The van der Waals surface area contributed by atoms with Crippen molar-refractivity contribution >= 4 is 23.4 Å². The normalized spacial score (nSPS) is 11.1. The van der Waals surface area contributed by atoms with Crippen molar-refractivity contribution in [2.75, 3.05) is 18.6 Å². The molecule has 0 saturated heterocycles. The summed E-state index contributed by atoms with van der Waals surface area (Å²) in [5.41, 5.74) is 5.41. The maximum atomic E-state index is 13.1. The van der Waals surface area contributed by atoms with Gasteiger partial charge in [-0.25, -0.2) is 4.79 Å². The summed E-state index contributed by atoms with van der Waals surface area (Å²) in [6, 6.07) is 7.41. The molecule has 2 N–H and O–H groups in total. The number of carbonyl (C=O) groups is 1. The minimum atomic E-state index is -0.713. The number of ketones is 1. The van der Waals surface area contributed by atoms with Crippen LogP contribution in [0.25, 0.3) is 11.4 Å². The van der Waals surface area contributed by atoms with Crippen LogP contribution in [0.1, 0.15) is 24.2 Å². The highest BCUT2D eigenvalue weighted by molar-refractivity contribution is 7.99. The molecule has 0 unspecified atom stereocenters. The summed E-state index contributed by atoms with van der Waals surface area (Å²) in [7, 11) is 2.91. The van der Waals surface area contributed by atoms with Crippen molar-refractivity contribution in [3.8, 4) is 17.1 Å². The van der Waals surface area contributed by atoms with E-state index in [1.54, 1.807) is 13.2 Å². The van der Waals surface area contributed by atoms with Crippen LogP contribution in [-0.2, 0) is 20.1 Å². The molecule has 0 aliphatic carbocycles. The van der Waals surface area contributed by atoms with Gasteiger partial charge in [-0.3, -0.25) is 23.3 Å². The zero-order valence-corrected chi connectivity index (χ0v) is 20.5. The van der Waals surface area contributed by atoms with Crippen LogP contribution in [0.4, 0.5) is 5.82 Å². The van der Waals surface area contributed by atoms with Gasteiger partial charge in [0.05, 0.1) is 18.4 Å². The third-order valence-electron chi connectivity index (χ3n) is 5.12. The Balaban J connectivity index is 1.95.